The van der Waals surface area contributed by atoms with Crippen molar-refractivity contribution in [1.82, 2.24) is 5.43 Å². The summed E-state index contributed by atoms with van der Waals surface area (Å²) in [5, 5.41) is 4.40. The van der Waals surface area contributed by atoms with E-state index in [1.807, 2.05) is 6.21 Å². The van der Waals surface area contributed by atoms with E-state index in [1.54, 1.807) is 11.1 Å². The molecule has 2 aliphatic rings. The third kappa shape index (κ3) is 3.35. The lowest BCUT2D eigenvalue weighted by Crippen LogP contribution is -2.31. The molecule has 0 aliphatic heterocycles. The van der Waals surface area contributed by atoms with Gasteiger partial charge in [-0.2, -0.15) is 5.10 Å². The molecule has 0 unspecified atom stereocenters. The minimum Gasteiger partial charge on any atom is -0.375 e. The highest BCUT2D eigenvalue weighted by Gasteiger charge is 2.36. The first-order valence-corrected chi connectivity index (χ1v) is 7.61. The summed E-state index contributed by atoms with van der Waals surface area (Å²) in [5.74, 6) is 1.16. The molecule has 0 saturated carbocycles. The first-order chi connectivity index (χ1) is 8.90. The highest BCUT2D eigenvalue weighted by atomic mass is 32.1. The van der Waals surface area contributed by atoms with Crippen LogP contribution in [-0.2, 0) is 0 Å². The normalized spacial score (nSPS) is 30.3. The van der Waals surface area contributed by atoms with Gasteiger partial charge in [0.05, 0.1) is 0 Å². The van der Waals surface area contributed by atoms with Gasteiger partial charge in [-0.1, -0.05) is 31.9 Å². The molecule has 0 bridgehead atoms. The van der Waals surface area contributed by atoms with E-state index in [0.717, 1.165) is 6.42 Å². The summed E-state index contributed by atoms with van der Waals surface area (Å²) in [4.78, 5) is 0. The zero-order valence-electron chi connectivity index (χ0n) is 12.2. The van der Waals surface area contributed by atoms with E-state index in [9.17, 15) is 0 Å². The molecule has 3 nitrogen and oxygen atoms in total. The number of nitrogens with one attached hydrogen (secondary N) is 1. The van der Waals surface area contributed by atoms with Crippen molar-refractivity contribution in [1.29, 1.82) is 0 Å². The molecule has 4 heteroatoms. The highest BCUT2D eigenvalue weighted by Crippen LogP contribution is 2.48. The third-order valence-corrected chi connectivity index (χ3v) is 4.80. The second-order valence-electron chi connectivity index (χ2n) is 6.62. The van der Waals surface area contributed by atoms with Crippen molar-refractivity contribution in [3.05, 3.63) is 11.1 Å². The van der Waals surface area contributed by atoms with E-state index in [2.05, 4.69) is 31.3 Å². The van der Waals surface area contributed by atoms with Crippen molar-refractivity contribution >= 4 is 23.5 Å². The van der Waals surface area contributed by atoms with Gasteiger partial charge < -0.3 is 5.73 Å². The first kappa shape index (κ1) is 14.5. The molecule has 2 atom stereocenters. The Morgan fingerprint density at radius 3 is 2.89 bits per heavy atom. The van der Waals surface area contributed by atoms with Gasteiger partial charge in [0, 0.05) is 12.1 Å². The molecule has 0 saturated heterocycles. The van der Waals surface area contributed by atoms with E-state index in [4.69, 9.17) is 18.0 Å². The zero-order chi connectivity index (χ0) is 14.0. The largest absolute Gasteiger partial charge is 0.375 e. The fourth-order valence-electron chi connectivity index (χ4n) is 3.54. The Kier molecular flexibility index (Phi) is 4.29. The van der Waals surface area contributed by atoms with Crippen LogP contribution in [0.5, 0.6) is 0 Å². The number of nitrogens with zero attached hydrogens (tertiary/aromatic N) is 1. The fraction of sp³-hybridized carbons (Fsp3) is 0.733. The zero-order valence-corrected chi connectivity index (χ0v) is 13.0. The molecule has 0 aromatic rings. The first-order valence-electron chi connectivity index (χ1n) is 7.20. The minimum absolute atomic E-state index is 0.234. The number of thiocarbonyl (C=S) groups is 1. The maximum absolute atomic E-state index is 5.39. The lowest BCUT2D eigenvalue weighted by molar-refractivity contribution is 0.295. The smallest absolute Gasteiger partial charge is 0.184 e. The second kappa shape index (κ2) is 5.61. The minimum atomic E-state index is 0.234. The van der Waals surface area contributed by atoms with Gasteiger partial charge in [0.2, 0.25) is 0 Å². The third-order valence-electron chi connectivity index (χ3n) is 4.70. The van der Waals surface area contributed by atoms with Gasteiger partial charge >= 0.3 is 0 Å². The quantitative estimate of drug-likeness (QED) is 0.353. The number of hydrogen-bond acceptors (Lipinski definition) is 2. The number of rotatable bonds is 2. The van der Waals surface area contributed by atoms with Gasteiger partial charge in [-0.25, -0.2) is 0 Å². The number of hydrogen-bond donors (Lipinski definition) is 2. The average molecular weight is 279 g/mol. The standard InChI is InChI=1S/C15H25N3S/c1-10-7-11-5-4-6-15(2,3)13(11)8-12(10)9-17-18-14(16)19/h9-10,12H,4-8H2,1-3H3,(H3,16,18,19)/b17-9-/t10-,12-/m1/s1. The van der Waals surface area contributed by atoms with Crippen LogP contribution in [0.15, 0.2) is 16.2 Å². The summed E-state index contributed by atoms with van der Waals surface area (Å²) in [5.41, 5.74) is 11.8. The van der Waals surface area contributed by atoms with Crippen LogP contribution in [0.4, 0.5) is 0 Å². The summed E-state index contributed by atoms with van der Waals surface area (Å²) in [6, 6.07) is 0. The van der Waals surface area contributed by atoms with Crippen LogP contribution < -0.4 is 11.2 Å². The Labute approximate surface area is 121 Å². The predicted octanol–water partition coefficient (Wildman–Crippen LogP) is 3.36. The molecule has 106 valence electrons. The maximum atomic E-state index is 5.39. The Balaban J connectivity index is 2.12. The summed E-state index contributed by atoms with van der Waals surface area (Å²) in [6.07, 6.45) is 8.33. The van der Waals surface area contributed by atoms with Gasteiger partial charge in [-0.05, 0) is 55.7 Å². The topological polar surface area (TPSA) is 50.4 Å². The summed E-state index contributed by atoms with van der Waals surface area (Å²) < 4.78 is 0. The monoisotopic (exact) mass is 279 g/mol. The fourth-order valence-corrected chi connectivity index (χ4v) is 3.60. The lowest BCUT2D eigenvalue weighted by Gasteiger charge is -2.42. The Morgan fingerprint density at radius 2 is 2.21 bits per heavy atom. The van der Waals surface area contributed by atoms with Crippen LogP contribution in [0.25, 0.3) is 0 Å². The van der Waals surface area contributed by atoms with Gasteiger partial charge in [-0.15, -0.1) is 0 Å². The maximum Gasteiger partial charge on any atom is 0.184 e. The van der Waals surface area contributed by atoms with Crippen LogP contribution in [-0.4, -0.2) is 11.3 Å². The van der Waals surface area contributed by atoms with E-state index < -0.39 is 0 Å². The van der Waals surface area contributed by atoms with Crippen LogP contribution in [0.2, 0.25) is 0 Å². The molecule has 0 aromatic heterocycles. The molecule has 0 fully saturated rings. The molecule has 3 N–H and O–H groups in total. The van der Waals surface area contributed by atoms with Crippen LogP contribution >= 0.6 is 12.2 Å². The molecular weight excluding hydrogens is 254 g/mol. The van der Waals surface area contributed by atoms with Crippen molar-refractivity contribution in [2.75, 3.05) is 0 Å². The average Bonchev–Trinajstić information content (AvgIpc) is 2.29. The van der Waals surface area contributed by atoms with Crippen molar-refractivity contribution < 1.29 is 0 Å². The number of allylic oxidation sites excluding steroid dienone is 2. The molecule has 0 amide bonds. The Hall–Kier alpha value is -0.900. The van der Waals surface area contributed by atoms with E-state index in [-0.39, 0.29) is 5.11 Å². The van der Waals surface area contributed by atoms with E-state index in [1.165, 1.54) is 25.7 Å². The van der Waals surface area contributed by atoms with E-state index in [0.29, 0.717) is 17.3 Å². The SMILES string of the molecule is C[C@@H]1CC2=C(C[C@@H]1/C=N\NC(N)=S)C(C)(C)CCC2. The molecule has 19 heavy (non-hydrogen) atoms. The molecule has 2 aliphatic carbocycles. The van der Waals surface area contributed by atoms with Gasteiger partial charge in [0.25, 0.3) is 0 Å². The van der Waals surface area contributed by atoms with Gasteiger partial charge in [-0.3, -0.25) is 5.43 Å². The second-order valence-corrected chi connectivity index (χ2v) is 7.06. The summed E-state index contributed by atoms with van der Waals surface area (Å²) in [7, 11) is 0. The molecule has 2 rings (SSSR count). The summed E-state index contributed by atoms with van der Waals surface area (Å²) >= 11 is 4.76. The van der Waals surface area contributed by atoms with Crippen LogP contribution in [0.1, 0.15) is 52.9 Å². The van der Waals surface area contributed by atoms with Gasteiger partial charge in [0.15, 0.2) is 5.11 Å². The molecule has 0 spiro atoms. The number of nitrogens with two attached hydrogens (primary N) is 1. The van der Waals surface area contributed by atoms with E-state index >= 15 is 0 Å². The molecule has 0 radical (unpaired) electrons. The van der Waals surface area contributed by atoms with Gasteiger partial charge in [0.1, 0.15) is 0 Å². The van der Waals surface area contributed by atoms with Crippen molar-refractivity contribution in [3.8, 4) is 0 Å². The predicted molar refractivity (Wildman–Crippen MR) is 85.0 cm³/mol. The van der Waals surface area contributed by atoms with Crippen molar-refractivity contribution in [3.63, 3.8) is 0 Å². The molecule has 0 aromatic carbocycles. The Bertz CT molecular complexity index is 423. The van der Waals surface area contributed by atoms with Crippen LogP contribution in [0, 0.1) is 17.3 Å². The van der Waals surface area contributed by atoms with Crippen LogP contribution in [0.3, 0.4) is 0 Å². The summed E-state index contributed by atoms with van der Waals surface area (Å²) in [6.45, 7) is 7.10. The Morgan fingerprint density at radius 1 is 1.47 bits per heavy atom. The molecular formula is C15H25N3S. The molecule has 0 heterocycles. The van der Waals surface area contributed by atoms with Crippen molar-refractivity contribution in [2.24, 2.45) is 28.1 Å². The van der Waals surface area contributed by atoms with Crippen molar-refractivity contribution in [2.45, 2.75) is 52.9 Å². The lowest BCUT2D eigenvalue weighted by atomic mass is 9.63. The highest BCUT2D eigenvalue weighted by molar-refractivity contribution is 7.80. The number of hydrazone groups is 1.